The van der Waals surface area contributed by atoms with Gasteiger partial charge in [0.2, 0.25) is 29.9 Å². The summed E-state index contributed by atoms with van der Waals surface area (Å²) in [6.07, 6.45) is 14.9. The van der Waals surface area contributed by atoms with Crippen LogP contribution in [-0.2, 0) is 76.3 Å². The molecule has 1 fully saturated rings. The Morgan fingerprint density at radius 1 is 0.471 bits per heavy atom. The van der Waals surface area contributed by atoms with Crippen LogP contribution in [0.5, 0.6) is 0 Å². The van der Waals surface area contributed by atoms with E-state index in [0.717, 1.165) is 56.4 Å². The Morgan fingerprint density at radius 3 is 1.21 bits per heavy atom. The number of nitrogens with one attached hydrogen (secondary N) is 4. The van der Waals surface area contributed by atoms with Crippen LogP contribution in [0.4, 0.5) is 0 Å². The monoisotopic (exact) mass is 1000 g/mol. The van der Waals surface area contributed by atoms with Crippen LogP contribution in [0.25, 0.3) is 0 Å². The summed E-state index contributed by atoms with van der Waals surface area (Å²) >= 11 is 0. The lowest BCUT2D eigenvalue weighted by molar-refractivity contribution is -0.157. The van der Waals surface area contributed by atoms with Crippen LogP contribution in [0, 0.1) is 5.92 Å². The molecule has 4 amide bonds. The van der Waals surface area contributed by atoms with Gasteiger partial charge < -0.3 is 64.1 Å². The molecular formula is C47H82N5O18. The molecule has 0 aliphatic carbocycles. The maximum absolute atomic E-state index is 13.4. The molecule has 0 aromatic rings. The quantitative estimate of drug-likeness (QED) is 0.0385. The van der Waals surface area contributed by atoms with Crippen molar-refractivity contribution >= 4 is 47.6 Å². The third kappa shape index (κ3) is 37.6. The fourth-order valence-corrected chi connectivity index (χ4v) is 6.94. The lowest BCUT2D eigenvalue weighted by Gasteiger charge is -2.31. The highest BCUT2D eigenvalue weighted by molar-refractivity contribution is 5.99. The second-order valence-electron chi connectivity index (χ2n) is 16.4. The molecule has 0 aromatic heterocycles. The van der Waals surface area contributed by atoms with E-state index in [1.54, 1.807) is 6.29 Å². The number of amides is 4. The highest BCUT2D eigenvalue weighted by Gasteiger charge is 2.37. The van der Waals surface area contributed by atoms with Gasteiger partial charge in [-0.1, -0.05) is 77.0 Å². The lowest BCUT2D eigenvalue weighted by atomic mass is 9.91. The maximum atomic E-state index is 13.4. The van der Waals surface area contributed by atoms with Crippen LogP contribution in [-0.4, -0.2) is 201 Å². The number of nitrogens with zero attached hydrogens (tertiary/aromatic N) is 1. The Morgan fingerprint density at radius 2 is 0.829 bits per heavy atom. The zero-order valence-electron chi connectivity index (χ0n) is 41.2. The van der Waals surface area contributed by atoms with Gasteiger partial charge in [-0.2, -0.15) is 0 Å². The maximum Gasteiger partial charge on any atom is 0.328 e. The summed E-state index contributed by atoms with van der Waals surface area (Å²) in [5, 5.41) is 29.0. The third-order valence-corrected chi connectivity index (χ3v) is 10.7. The number of carbonyl (C=O) groups excluding carboxylic acids is 6. The highest BCUT2D eigenvalue weighted by atomic mass is 16.5. The van der Waals surface area contributed by atoms with Gasteiger partial charge in [-0.15, -0.1) is 0 Å². The molecule has 1 heterocycles. The van der Waals surface area contributed by atoms with Gasteiger partial charge in [0.05, 0.1) is 79.3 Å². The molecule has 0 spiro atoms. The predicted molar refractivity (Wildman–Crippen MR) is 252 cm³/mol. The second kappa shape index (κ2) is 45.9. The number of ketones is 1. The van der Waals surface area contributed by atoms with E-state index in [4.69, 9.17) is 37.9 Å². The standard InChI is InChI=1S/C47H82N5O18/c53-21-26-67-28-27-63-22-17-48-42(55)36-68-32-29-64-23-18-49-43(56)37-69-33-30-65-24-19-50-44(57)38-70-34-31-66-25-20-51-52-40(47(61)62)35-39(46(59)60)41(54)15-13-11-9-7-5-3-1-2-4-6-8-10-12-14-16-45(52)58/h39-40,51H,1-20,22-38H2,(H,48,55)(H,49,56)(H,50,57)(H,59,60)(H,61,62)/t39?,40-/m0/s1. The summed E-state index contributed by atoms with van der Waals surface area (Å²) in [6.45, 7) is 2.45. The van der Waals surface area contributed by atoms with Crippen LogP contribution in [0.2, 0.25) is 0 Å². The summed E-state index contributed by atoms with van der Waals surface area (Å²) < 4.78 is 42.3. The van der Waals surface area contributed by atoms with Crippen molar-refractivity contribution in [3.05, 3.63) is 0 Å². The van der Waals surface area contributed by atoms with Crippen LogP contribution >= 0.6 is 0 Å². The largest absolute Gasteiger partial charge is 0.481 e. The number of carboxylic acid groups (broad SMARTS) is 2. The molecule has 1 rings (SSSR count). The van der Waals surface area contributed by atoms with Crippen molar-refractivity contribution in [3.63, 3.8) is 0 Å². The van der Waals surface area contributed by atoms with E-state index in [0.29, 0.717) is 32.6 Å². The van der Waals surface area contributed by atoms with E-state index in [2.05, 4.69) is 21.4 Å². The van der Waals surface area contributed by atoms with Gasteiger partial charge in [0, 0.05) is 45.4 Å². The van der Waals surface area contributed by atoms with Gasteiger partial charge >= 0.3 is 11.9 Å². The molecule has 1 aliphatic heterocycles. The first kappa shape index (κ1) is 63.8. The first-order chi connectivity index (χ1) is 34.1. The lowest BCUT2D eigenvalue weighted by Crippen LogP contribution is -2.55. The number of aliphatic carboxylic acids is 2. The highest BCUT2D eigenvalue weighted by Crippen LogP contribution is 2.20. The molecule has 70 heavy (non-hydrogen) atoms. The zero-order chi connectivity index (χ0) is 51.1. The molecule has 1 saturated heterocycles. The molecule has 1 aliphatic rings. The second-order valence-corrected chi connectivity index (χ2v) is 16.4. The van der Waals surface area contributed by atoms with Crippen molar-refractivity contribution in [2.45, 2.75) is 115 Å². The van der Waals surface area contributed by atoms with Crippen LogP contribution < -0.4 is 21.4 Å². The number of ether oxygens (including phenoxy) is 8. The first-order valence-electron chi connectivity index (χ1n) is 24.9. The van der Waals surface area contributed by atoms with E-state index in [1.807, 2.05) is 0 Å². The molecule has 0 bridgehead atoms. The number of hydrazine groups is 1. The predicted octanol–water partition coefficient (Wildman–Crippen LogP) is 1.28. The summed E-state index contributed by atoms with van der Waals surface area (Å²) in [4.78, 5) is 96.9. The smallest absolute Gasteiger partial charge is 0.328 e. The Bertz CT molecular complexity index is 1430. The molecule has 0 saturated carbocycles. The summed E-state index contributed by atoms with van der Waals surface area (Å²) in [6, 6.07) is -1.59. The molecule has 6 N–H and O–H groups in total. The minimum atomic E-state index is -1.59. The Hall–Kier alpha value is -4.20. The minimum Gasteiger partial charge on any atom is -0.481 e. The molecule has 23 nitrogen and oxygen atoms in total. The van der Waals surface area contributed by atoms with E-state index >= 15 is 0 Å². The van der Waals surface area contributed by atoms with Crippen LogP contribution in [0.1, 0.15) is 109 Å². The normalized spacial score (nSPS) is 17.5. The molecule has 23 heteroatoms. The van der Waals surface area contributed by atoms with E-state index in [1.165, 1.54) is 25.7 Å². The number of carbonyl (C=O) groups is 7. The molecule has 1 unspecified atom stereocenters. The minimum absolute atomic E-state index is 0.0153. The SMILES string of the molecule is O=[C]COCCOCCNC(=O)COCCOCCNC(=O)COCCOCCNC(=O)COCCOCCNN1C(=O)CCCCCCCCCCCCCCCCC(=O)C(C(=O)O)C[C@H]1C(=O)O. The van der Waals surface area contributed by atoms with Crippen molar-refractivity contribution in [3.8, 4) is 0 Å². The summed E-state index contributed by atoms with van der Waals surface area (Å²) in [7, 11) is 0. The molecule has 2 atom stereocenters. The third-order valence-electron chi connectivity index (χ3n) is 10.7. The van der Waals surface area contributed by atoms with E-state index in [9.17, 15) is 48.6 Å². The fraction of sp³-hybridized carbons (Fsp3) is 0.830. The number of rotatable bonds is 35. The van der Waals surface area contributed by atoms with Crippen molar-refractivity contribution in [1.29, 1.82) is 0 Å². The van der Waals surface area contributed by atoms with Gasteiger partial charge in [-0.25, -0.2) is 10.2 Å². The number of hydrogen-bond donors (Lipinski definition) is 6. The van der Waals surface area contributed by atoms with Crippen molar-refractivity contribution in [1.82, 2.24) is 26.4 Å². The summed E-state index contributed by atoms with van der Waals surface area (Å²) in [5.74, 6) is -6.45. The molecular weight excluding hydrogens is 923 g/mol. The van der Waals surface area contributed by atoms with Crippen molar-refractivity contribution in [2.24, 2.45) is 5.92 Å². The topological polar surface area (TPSA) is 302 Å². The average molecular weight is 1010 g/mol. The van der Waals surface area contributed by atoms with Gasteiger partial charge in [0.1, 0.15) is 44.2 Å². The van der Waals surface area contributed by atoms with Crippen LogP contribution in [0.15, 0.2) is 0 Å². The average Bonchev–Trinajstić information content (AvgIpc) is 3.33. The van der Waals surface area contributed by atoms with Gasteiger partial charge in [-0.3, -0.25) is 38.6 Å². The number of hydrogen-bond acceptors (Lipinski definition) is 17. The number of carboxylic acids is 2. The Balaban J connectivity index is 2.21. The van der Waals surface area contributed by atoms with Gasteiger partial charge in [0.15, 0.2) is 0 Å². The van der Waals surface area contributed by atoms with Crippen LogP contribution in [0.3, 0.4) is 0 Å². The molecule has 0 aromatic carbocycles. The summed E-state index contributed by atoms with van der Waals surface area (Å²) in [5.41, 5.74) is 2.82. The fourth-order valence-electron chi connectivity index (χ4n) is 6.94. The van der Waals surface area contributed by atoms with Crippen molar-refractivity contribution < 1.29 is 86.5 Å². The number of Topliss-reactive ketones (excluding diaryl/α,β-unsaturated/α-hetero) is 1. The van der Waals surface area contributed by atoms with E-state index in [-0.39, 0.29) is 143 Å². The first-order valence-corrected chi connectivity index (χ1v) is 24.9. The van der Waals surface area contributed by atoms with Gasteiger partial charge in [0.25, 0.3) is 0 Å². The van der Waals surface area contributed by atoms with E-state index < -0.39 is 42.0 Å². The Kier molecular flexibility index (Phi) is 41.9. The zero-order valence-corrected chi connectivity index (χ0v) is 41.2. The molecule has 1 radical (unpaired) electrons. The van der Waals surface area contributed by atoms with Crippen molar-refractivity contribution in [2.75, 3.05) is 132 Å². The Labute approximate surface area is 412 Å². The molecule has 403 valence electrons. The van der Waals surface area contributed by atoms with Gasteiger partial charge in [-0.05, 0) is 12.8 Å².